The minimum absolute atomic E-state index is 0.871. The summed E-state index contributed by atoms with van der Waals surface area (Å²) in [5, 5.41) is 0. The van der Waals surface area contributed by atoms with Gasteiger partial charge in [-0.25, -0.2) is 4.39 Å². The molecule has 2 nitrogen and oxygen atoms in total. The first-order valence-corrected chi connectivity index (χ1v) is 3.73. The number of rotatable bonds is 4. The fraction of sp³-hybridized carbons (Fsp3) is 0.714. The van der Waals surface area contributed by atoms with Gasteiger partial charge in [-0.1, -0.05) is 6.92 Å². The third-order valence-electron chi connectivity index (χ3n) is 1.52. The average molecular weight is 236 g/mol. The predicted molar refractivity (Wildman–Crippen MR) is 36.2 cm³/mol. The molecule has 8 heteroatoms. The summed E-state index contributed by atoms with van der Waals surface area (Å²) in [5.41, 5.74) is 0. The maximum absolute atomic E-state index is 12.5. The highest BCUT2D eigenvalue weighted by molar-refractivity contribution is 6.41. The van der Waals surface area contributed by atoms with Crippen molar-refractivity contribution in [2.75, 3.05) is 0 Å². The molecule has 1 atom stereocenters. The summed E-state index contributed by atoms with van der Waals surface area (Å²) in [6.45, 7) is 0.907. The van der Waals surface area contributed by atoms with Gasteiger partial charge in [0.15, 0.2) is 6.17 Å². The molecule has 0 aromatic carbocycles. The Kier molecular flexibility index (Phi) is 3.89. The van der Waals surface area contributed by atoms with Gasteiger partial charge in [-0.05, 0) is 6.42 Å². The highest BCUT2D eigenvalue weighted by atomic mass is 19.4. The predicted octanol–water partition coefficient (Wildman–Crippen LogP) is 2.07. The smallest absolute Gasteiger partial charge is 0.283 e. The maximum Gasteiger partial charge on any atom is 0.458 e. The van der Waals surface area contributed by atoms with E-state index in [1.165, 1.54) is 0 Å². The lowest BCUT2D eigenvalue weighted by Crippen LogP contribution is -2.47. The van der Waals surface area contributed by atoms with E-state index in [0.717, 1.165) is 6.92 Å². The van der Waals surface area contributed by atoms with Gasteiger partial charge in [-0.3, -0.25) is 9.59 Å². The monoisotopic (exact) mass is 236 g/mol. The van der Waals surface area contributed by atoms with Gasteiger partial charge in [0.2, 0.25) is 0 Å². The lowest BCUT2D eigenvalue weighted by atomic mass is 10.0. The van der Waals surface area contributed by atoms with Gasteiger partial charge in [0.25, 0.3) is 5.78 Å². The largest absolute Gasteiger partial charge is 0.458 e. The second-order valence-electron chi connectivity index (χ2n) is 2.65. The summed E-state index contributed by atoms with van der Waals surface area (Å²) in [4.78, 5) is 20.5. The highest BCUT2D eigenvalue weighted by Gasteiger charge is 2.57. The molecule has 0 radical (unpaired) electrons. The van der Waals surface area contributed by atoms with Crippen LogP contribution in [-0.2, 0) is 9.59 Å². The normalized spacial score (nSPS) is 14.9. The van der Waals surface area contributed by atoms with Crippen molar-refractivity contribution >= 4 is 11.6 Å². The van der Waals surface area contributed by atoms with E-state index in [1.807, 2.05) is 0 Å². The van der Waals surface area contributed by atoms with Crippen LogP contribution in [0.25, 0.3) is 0 Å². The molecule has 1 unspecified atom stereocenters. The van der Waals surface area contributed by atoms with Crippen molar-refractivity contribution < 1.29 is 35.9 Å². The van der Waals surface area contributed by atoms with Crippen LogP contribution in [0.4, 0.5) is 26.3 Å². The second kappa shape index (κ2) is 4.19. The number of ketones is 2. The third kappa shape index (κ3) is 2.93. The summed E-state index contributed by atoms with van der Waals surface area (Å²) in [7, 11) is 0. The molecule has 0 heterocycles. The van der Waals surface area contributed by atoms with Gasteiger partial charge in [0, 0.05) is 0 Å². The standard InChI is InChI=1S/C7H6F6O2/c1-2-3(8)6(9,10)4(14)5(15)7(11,12)13/h3H,2H2,1H3. The van der Waals surface area contributed by atoms with Crippen molar-refractivity contribution in [2.24, 2.45) is 0 Å². The Morgan fingerprint density at radius 1 is 1.07 bits per heavy atom. The Morgan fingerprint density at radius 2 is 1.47 bits per heavy atom. The fourth-order valence-corrected chi connectivity index (χ4v) is 0.679. The zero-order valence-corrected chi connectivity index (χ0v) is 7.37. The van der Waals surface area contributed by atoms with Crippen LogP contribution in [0.5, 0.6) is 0 Å². The molecular weight excluding hydrogens is 230 g/mol. The zero-order chi connectivity index (χ0) is 12.4. The molecule has 0 spiro atoms. The van der Waals surface area contributed by atoms with Gasteiger partial charge >= 0.3 is 17.9 Å². The summed E-state index contributed by atoms with van der Waals surface area (Å²) in [5.74, 6) is -11.2. The Labute approximate surface area is 80.2 Å². The molecule has 0 aliphatic carbocycles. The topological polar surface area (TPSA) is 34.1 Å². The molecule has 0 saturated carbocycles. The number of carbonyl (C=O) groups excluding carboxylic acids is 2. The van der Waals surface area contributed by atoms with Crippen molar-refractivity contribution in [3.05, 3.63) is 0 Å². The Hall–Kier alpha value is -1.08. The van der Waals surface area contributed by atoms with Crippen LogP contribution >= 0.6 is 0 Å². The summed E-state index contributed by atoms with van der Waals surface area (Å²) in [6, 6.07) is 0. The number of carbonyl (C=O) groups is 2. The van der Waals surface area contributed by atoms with E-state index < -0.39 is 36.3 Å². The molecule has 0 bridgehead atoms. The summed E-state index contributed by atoms with van der Waals surface area (Å²) in [6.07, 6.45) is -9.69. The molecular formula is C7H6F6O2. The molecule has 0 fully saturated rings. The summed E-state index contributed by atoms with van der Waals surface area (Å²) < 4.78 is 72.2. The third-order valence-corrected chi connectivity index (χ3v) is 1.52. The van der Waals surface area contributed by atoms with Gasteiger partial charge in [0.05, 0.1) is 0 Å². The Balaban J connectivity index is 4.94. The van der Waals surface area contributed by atoms with Crippen LogP contribution in [-0.4, -0.2) is 29.8 Å². The number of alkyl halides is 6. The fourth-order valence-electron chi connectivity index (χ4n) is 0.679. The number of hydrogen-bond donors (Lipinski definition) is 0. The maximum atomic E-state index is 12.5. The Morgan fingerprint density at radius 3 is 1.73 bits per heavy atom. The van der Waals surface area contributed by atoms with Crippen LogP contribution in [0.2, 0.25) is 0 Å². The van der Waals surface area contributed by atoms with Crippen molar-refractivity contribution in [1.29, 1.82) is 0 Å². The SMILES string of the molecule is CCC(F)C(F)(F)C(=O)C(=O)C(F)(F)F. The molecule has 0 aromatic rings. The van der Waals surface area contributed by atoms with Crippen LogP contribution in [0.15, 0.2) is 0 Å². The van der Waals surface area contributed by atoms with E-state index in [4.69, 9.17) is 0 Å². The summed E-state index contributed by atoms with van der Waals surface area (Å²) >= 11 is 0. The lowest BCUT2D eigenvalue weighted by molar-refractivity contribution is -0.185. The number of hydrogen-bond acceptors (Lipinski definition) is 2. The van der Waals surface area contributed by atoms with Gasteiger partial charge in [0.1, 0.15) is 0 Å². The molecule has 0 amide bonds. The van der Waals surface area contributed by atoms with E-state index in [0.29, 0.717) is 0 Å². The van der Waals surface area contributed by atoms with E-state index in [-0.39, 0.29) is 0 Å². The molecule has 0 aliphatic heterocycles. The average Bonchev–Trinajstić information content (AvgIpc) is 2.12. The van der Waals surface area contributed by atoms with E-state index in [9.17, 15) is 35.9 Å². The first-order valence-electron chi connectivity index (χ1n) is 3.73. The van der Waals surface area contributed by atoms with E-state index >= 15 is 0 Å². The Bertz CT molecular complexity index is 269. The molecule has 0 N–H and O–H groups in total. The van der Waals surface area contributed by atoms with Gasteiger partial charge < -0.3 is 0 Å². The van der Waals surface area contributed by atoms with Crippen LogP contribution in [0.1, 0.15) is 13.3 Å². The minimum Gasteiger partial charge on any atom is -0.283 e. The molecule has 88 valence electrons. The molecule has 0 saturated heterocycles. The van der Waals surface area contributed by atoms with Crippen molar-refractivity contribution in [1.82, 2.24) is 0 Å². The lowest BCUT2D eigenvalue weighted by Gasteiger charge is -2.17. The van der Waals surface area contributed by atoms with Gasteiger partial charge in [-0.15, -0.1) is 0 Å². The molecule has 0 aromatic heterocycles. The first kappa shape index (κ1) is 13.9. The van der Waals surface area contributed by atoms with Crippen molar-refractivity contribution in [3.63, 3.8) is 0 Å². The zero-order valence-electron chi connectivity index (χ0n) is 7.37. The quantitative estimate of drug-likeness (QED) is 0.553. The highest BCUT2D eigenvalue weighted by Crippen LogP contribution is 2.29. The molecule has 0 aliphatic rings. The van der Waals surface area contributed by atoms with Gasteiger partial charge in [-0.2, -0.15) is 22.0 Å². The first-order chi connectivity index (χ1) is 6.55. The number of Topliss-reactive ketones (excluding diaryl/α,β-unsaturated/α-hetero) is 2. The van der Waals surface area contributed by atoms with Crippen LogP contribution < -0.4 is 0 Å². The van der Waals surface area contributed by atoms with Crippen molar-refractivity contribution in [2.45, 2.75) is 31.6 Å². The number of halogens is 6. The van der Waals surface area contributed by atoms with E-state index in [2.05, 4.69) is 0 Å². The molecule has 0 rings (SSSR count). The second-order valence-corrected chi connectivity index (χ2v) is 2.65. The molecule has 15 heavy (non-hydrogen) atoms. The van der Waals surface area contributed by atoms with Crippen molar-refractivity contribution in [3.8, 4) is 0 Å². The van der Waals surface area contributed by atoms with Crippen LogP contribution in [0.3, 0.4) is 0 Å². The van der Waals surface area contributed by atoms with E-state index in [1.54, 1.807) is 0 Å². The van der Waals surface area contributed by atoms with Crippen LogP contribution in [0, 0.1) is 0 Å². The minimum atomic E-state index is -5.71.